The molecule has 1 saturated carbocycles. The molecule has 0 bridgehead atoms. The van der Waals surface area contributed by atoms with Gasteiger partial charge in [-0.3, -0.25) is 0 Å². The van der Waals surface area contributed by atoms with E-state index in [9.17, 15) is 0 Å². The number of hydrogen-bond donors (Lipinski definition) is 1. The molecule has 1 aliphatic carbocycles. The topological polar surface area (TPSA) is 26.0 Å². The molecular formula is C17H26IN. The van der Waals surface area contributed by atoms with Gasteiger partial charge in [-0.2, -0.15) is 0 Å². The fourth-order valence-electron chi connectivity index (χ4n) is 3.23. The second kappa shape index (κ2) is 6.13. The maximum Gasteiger partial charge on any atom is 0.0130 e. The molecule has 0 radical (unpaired) electrons. The molecule has 2 rings (SSSR count). The summed E-state index contributed by atoms with van der Waals surface area (Å²) in [5, 5.41) is 0. The van der Waals surface area contributed by atoms with Crippen LogP contribution in [0.5, 0.6) is 0 Å². The van der Waals surface area contributed by atoms with Gasteiger partial charge in [0.05, 0.1) is 0 Å². The molecule has 106 valence electrons. The SMILES string of the molecule is CC(C)(C)C1CCC(N)C(Cc2ccc(I)cc2)C1. The van der Waals surface area contributed by atoms with E-state index in [1.165, 1.54) is 28.4 Å². The zero-order valence-corrected chi connectivity index (χ0v) is 14.5. The van der Waals surface area contributed by atoms with Crippen LogP contribution in [0.2, 0.25) is 0 Å². The minimum absolute atomic E-state index is 0.387. The van der Waals surface area contributed by atoms with Crippen molar-refractivity contribution in [2.24, 2.45) is 23.0 Å². The molecule has 19 heavy (non-hydrogen) atoms. The van der Waals surface area contributed by atoms with Crippen molar-refractivity contribution in [1.82, 2.24) is 0 Å². The van der Waals surface area contributed by atoms with E-state index in [1.54, 1.807) is 0 Å². The molecule has 0 aromatic heterocycles. The number of rotatable bonds is 2. The molecule has 2 heteroatoms. The lowest BCUT2D eigenvalue weighted by Gasteiger charge is -2.40. The van der Waals surface area contributed by atoms with Crippen LogP contribution in [0.25, 0.3) is 0 Å². The lowest BCUT2D eigenvalue weighted by atomic mass is 9.66. The smallest absolute Gasteiger partial charge is 0.0130 e. The van der Waals surface area contributed by atoms with Crippen LogP contribution in [0.15, 0.2) is 24.3 Å². The Bertz CT molecular complexity index is 404. The lowest BCUT2D eigenvalue weighted by molar-refractivity contribution is 0.127. The predicted octanol–water partition coefficient (Wildman–Crippen LogP) is 4.62. The Morgan fingerprint density at radius 3 is 2.37 bits per heavy atom. The van der Waals surface area contributed by atoms with Crippen molar-refractivity contribution in [2.45, 2.75) is 52.5 Å². The zero-order valence-electron chi connectivity index (χ0n) is 12.3. The molecule has 2 N–H and O–H groups in total. The van der Waals surface area contributed by atoms with E-state index in [4.69, 9.17) is 5.73 Å². The van der Waals surface area contributed by atoms with Gasteiger partial charge in [0.25, 0.3) is 0 Å². The summed E-state index contributed by atoms with van der Waals surface area (Å²) in [6.07, 6.45) is 4.92. The highest BCUT2D eigenvalue weighted by atomic mass is 127. The third-order valence-electron chi connectivity index (χ3n) is 4.68. The van der Waals surface area contributed by atoms with Crippen LogP contribution in [0.3, 0.4) is 0 Å². The Hall–Kier alpha value is -0.0900. The normalized spacial score (nSPS) is 28.4. The minimum atomic E-state index is 0.387. The van der Waals surface area contributed by atoms with Crippen molar-refractivity contribution in [2.75, 3.05) is 0 Å². The molecule has 1 nitrogen and oxygen atoms in total. The number of hydrogen-bond acceptors (Lipinski definition) is 1. The molecule has 1 fully saturated rings. The molecule has 0 heterocycles. The van der Waals surface area contributed by atoms with Gasteiger partial charge in [-0.15, -0.1) is 0 Å². The average Bonchev–Trinajstić information content (AvgIpc) is 2.33. The fraction of sp³-hybridized carbons (Fsp3) is 0.647. The molecule has 0 aliphatic heterocycles. The Balaban J connectivity index is 2.03. The molecule has 1 aromatic rings. The molecule has 0 saturated heterocycles. The molecular weight excluding hydrogens is 345 g/mol. The number of halogens is 1. The van der Waals surface area contributed by atoms with Crippen LogP contribution in [0.4, 0.5) is 0 Å². The van der Waals surface area contributed by atoms with Gasteiger partial charge in [0, 0.05) is 9.61 Å². The fourth-order valence-corrected chi connectivity index (χ4v) is 3.59. The third-order valence-corrected chi connectivity index (χ3v) is 5.40. The van der Waals surface area contributed by atoms with E-state index in [1.807, 2.05) is 0 Å². The third kappa shape index (κ3) is 4.19. The van der Waals surface area contributed by atoms with E-state index >= 15 is 0 Å². The molecule has 1 aliphatic rings. The van der Waals surface area contributed by atoms with Crippen molar-refractivity contribution in [3.8, 4) is 0 Å². The highest BCUT2D eigenvalue weighted by molar-refractivity contribution is 14.1. The highest BCUT2D eigenvalue weighted by Crippen LogP contribution is 2.40. The first kappa shape index (κ1) is 15.3. The van der Waals surface area contributed by atoms with Gasteiger partial charge in [0.15, 0.2) is 0 Å². The number of nitrogens with two attached hydrogens (primary N) is 1. The van der Waals surface area contributed by atoms with Gasteiger partial charge < -0.3 is 5.73 Å². The predicted molar refractivity (Wildman–Crippen MR) is 91.1 cm³/mol. The summed E-state index contributed by atoms with van der Waals surface area (Å²) in [6, 6.07) is 9.30. The van der Waals surface area contributed by atoms with E-state index in [-0.39, 0.29) is 0 Å². The van der Waals surface area contributed by atoms with Crippen LogP contribution in [0.1, 0.15) is 45.6 Å². The Morgan fingerprint density at radius 1 is 1.16 bits per heavy atom. The highest BCUT2D eigenvalue weighted by Gasteiger charge is 2.34. The van der Waals surface area contributed by atoms with Crippen LogP contribution < -0.4 is 5.73 Å². The first-order valence-corrected chi connectivity index (χ1v) is 8.44. The number of benzene rings is 1. The van der Waals surface area contributed by atoms with Gasteiger partial charge in [-0.1, -0.05) is 32.9 Å². The maximum absolute atomic E-state index is 6.36. The molecule has 0 spiro atoms. The van der Waals surface area contributed by atoms with Gasteiger partial charge >= 0.3 is 0 Å². The van der Waals surface area contributed by atoms with E-state index < -0.39 is 0 Å². The van der Waals surface area contributed by atoms with E-state index in [0.717, 1.165) is 12.3 Å². The van der Waals surface area contributed by atoms with E-state index in [2.05, 4.69) is 67.6 Å². The molecule has 1 aromatic carbocycles. The summed E-state index contributed by atoms with van der Waals surface area (Å²) in [6.45, 7) is 7.11. The quantitative estimate of drug-likeness (QED) is 0.754. The Kier molecular flexibility index (Phi) is 4.93. The minimum Gasteiger partial charge on any atom is -0.327 e. The standard InChI is InChI=1S/C17H26IN/c1-17(2,3)14-6-9-16(19)13(11-14)10-12-4-7-15(18)8-5-12/h4-5,7-8,13-14,16H,6,9-11,19H2,1-3H3. The van der Waals surface area contributed by atoms with Crippen LogP contribution in [0, 0.1) is 20.8 Å². The largest absolute Gasteiger partial charge is 0.327 e. The average molecular weight is 371 g/mol. The maximum atomic E-state index is 6.36. The summed E-state index contributed by atoms with van der Waals surface area (Å²) in [5.74, 6) is 1.47. The monoisotopic (exact) mass is 371 g/mol. The Morgan fingerprint density at radius 2 is 1.79 bits per heavy atom. The van der Waals surface area contributed by atoms with Crippen molar-refractivity contribution < 1.29 is 0 Å². The Labute approximate surface area is 131 Å². The molecule has 0 amide bonds. The second-order valence-corrected chi connectivity index (χ2v) is 8.38. The van der Waals surface area contributed by atoms with Crippen molar-refractivity contribution in [3.63, 3.8) is 0 Å². The second-order valence-electron chi connectivity index (χ2n) is 7.13. The summed E-state index contributed by atoms with van der Waals surface area (Å²) in [5.41, 5.74) is 8.22. The first-order valence-electron chi connectivity index (χ1n) is 7.36. The van der Waals surface area contributed by atoms with E-state index in [0.29, 0.717) is 17.4 Å². The van der Waals surface area contributed by atoms with Crippen molar-refractivity contribution in [3.05, 3.63) is 33.4 Å². The summed E-state index contributed by atoms with van der Waals surface area (Å²) in [7, 11) is 0. The van der Waals surface area contributed by atoms with Crippen LogP contribution in [-0.4, -0.2) is 6.04 Å². The van der Waals surface area contributed by atoms with Crippen LogP contribution in [-0.2, 0) is 6.42 Å². The molecule has 3 unspecified atom stereocenters. The van der Waals surface area contributed by atoms with Crippen molar-refractivity contribution >= 4 is 22.6 Å². The summed E-state index contributed by atoms with van der Waals surface area (Å²) < 4.78 is 1.31. The summed E-state index contributed by atoms with van der Waals surface area (Å²) in [4.78, 5) is 0. The zero-order chi connectivity index (χ0) is 14.0. The first-order chi connectivity index (χ1) is 8.86. The summed E-state index contributed by atoms with van der Waals surface area (Å²) >= 11 is 2.36. The molecule has 3 atom stereocenters. The lowest BCUT2D eigenvalue weighted by Crippen LogP contribution is -2.40. The van der Waals surface area contributed by atoms with Gasteiger partial charge in [-0.05, 0) is 83.2 Å². The van der Waals surface area contributed by atoms with Crippen LogP contribution >= 0.6 is 22.6 Å². The van der Waals surface area contributed by atoms with Gasteiger partial charge in [-0.25, -0.2) is 0 Å². The van der Waals surface area contributed by atoms with Gasteiger partial charge in [0.2, 0.25) is 0 Å². The van der Waals surface area contributed by atoms with Crippen molar-refractivity contribution in [1.29, 1.82) is 0 Å². The van der Waals surface area contributed by atoms with Gasteiger partial charge in [0.1, 0.15) is 0 Å².